The predicted octanol–water partition coefficient (Wildman–Crippen LogP) is 3.97. The molecule has 1 aromatic carbocycles. The molecule has 1 fully saturated rings. The monoisotopic (exact) mass is 324 g/mol. The van der Waals surface area contributed by atoms with Crippen molar-refractivity contribution in [3.8, 4) is 0 Å². The van der Waals surface area contributed by atoms with Crippen LogP contribution in [0.4, 0.5) is 0 Å². The summed E-state index contributed by atoms with van der Waals surface area (Å²) < 4.78 is 1.16. The summed E-state index contributed by atoms with van der Waals surface area (Å²) in [6.07, 6.45) is 5.05. The topological polar surface area (TPSA) is 15.3 Å². The molecule has 0 aromatic heterocycles. The summed E-state index contributed by atoms with van der Waals surface area (Å²) in [5.41, 5.74) is 1.44. The SMILES string of the molecule is CCC(c1ccc(Br)cc1)N(C)C1CCCNCC1. The second-order valence-corrected chi connectivity index (χ2v) is 6.39. The third-order valence-corrected chi connectivity index (χ3v) is 4.78. The first kappa shape index (κ1) is 15.0. The lowest BCUT2D eigenvalue weighted by molar-refractivity contribution is 0.156. The molecule has 1 aliphatic rings. The first-order chi connectivity index (χ1) is 9.22. The number of halogens is 1. The minimum absolute atomic E-state index is 0.538. The lowest BCUT2D eigenvalue weighted by atomic mass is 9.99. The summed E-state index contributed by atoms with van der Waals surface area (Å²) in [6, 6.07) is 10.1. The highest BCUT2D eigenvalue weighted by Crippen LogP contribution is 2.28. The molecule has 2 nitrogen and oxygen atoms in total. The van der Waals surface area contributed by atoms with Crippen molar-refractivity contribution in [3.63, 3.8) is 0 Å². The van der Waals surface area contributed by atoms with Crippen LogP contribution < -0.4 is 5.32 Å². The Kier molecular flexibility index (Phi) is 5.86. The standard InChI is InChI=1S/C16H25BrN2/c1-3-16(13-6-8-14(17)9-7-13)19(2)15-5-4-11-18-12-10-15/h6-9,15-16,18H,3-5,10-12H2,1-2H3. The van der Waals surface area contributed by atoms with Crippen molar-refractivity contribution in [1.29, 1.82) is 0 Å². The molecule has 1 heterocycles. The van der Waals surface area contributed by atoms with Gasteiger partial charge in [-0.1, -0.05) is 35.0 Å². The first-order valence-electron chi connectivity index (χ1n) is 7.40. The van der Waals surface area contributed by atoms with E-state index in [1.165, 1.54) is 37.8 Å². The van der Waals surface area contributed by atoms with Crippen molar-refractivity contribution in [3.05, 3.63) is 34.3 Å². The van der Waals surface area contributed by atoms with Gasteiger partial charge >= 0.3 is 0 Å². The quantitative estimate of drug-likeness (QED) is 0.901. The fourth-order valence-corrected chi connectivity index (χ4v) is 3.37. The van der Waals surface area contributed by atoms with Crippen LogP contribution in [0.25, 0.3) is 0 Å². The van der Waals surface area contributed by atoms with Crippen LogP contribution in [0.3, 0.4) is 0 Å². The summed E-state index contributed by atoms with van der Waals surface area (Å²) in [7, 11) is 2.30. The summed E-state index contributed by atoms with van der Waals surface area (Å²) in [6.45, 7) is 4.63. The van der Waals surface area contributed by atoms with Crippen LogP contribution in [0.5, 0.6) is 0 Å². The first-order valence-corrected chi connectivity index (χ1v) is 8.19. The Labute approximate surface area is 125 Å². The van der Waals surface area contributed by atoms with Gasteiger partial charge in [0.2, 0.25) is 0 Å². The number of benzene rings is 1. The highest BCUT2D eigenvalue weighted by atomic mass is 79.9. The van der Waals surface area contributed by atoms with Gasteiger partial charge in [-0.15, -0.1) is 0 Å². The Morgan fingerprint density at radius 2 is 2.00 bits per heavy atom. The maximum atomic E-state index is 3.52. The lowest BCUT2D eigenvalue weighted by Crippen LogP contribution is -2.35. The average Bonchev–Trinajstić information content (AvgIpc) is 2.70. The number of nitrogens with zero attached hydrogens (tertiary/aromatic N) is 1. The maximum absolute atomic E-state index is 3.52. The normalized spacial score (nSPS) is 22.2. The Morgan fingerprint density at radius 1 is 1.26 bits per heavy atom. The molecule has 19 heavy (non-hydrogen) atoms. The molecule has 0 radical (unpaired) electrons. The molecular weight excluding hydrogens is 300 g/mol. The van der Waals surface area contributed by atoms with E-state index < -0.39 is 0 Å². The summed E-state index contributed by atoms with van der Waals surface area (Å²) in [5, 5.41) is 3.50. The molecule has 1 N–H and O–H groups in total. The molecule has 106 valence electrons. The van der Waals surface area contributed by atoms with Gasteiger partial charge in [-0.2, -0.15) is 0 Å². The van der Waals surface area contributed by atoms with E-state index in [9.17, 15) is 0 Å². The van der Waals surface area contributed by atoms with Crippen LogP contribution in [0.15, 0.2) is 28.7 Å². The van der Waals surface area contributed by atoms with Gasteiger partial charge in [0.15, 0.2) is 0 Å². The van der Waals surface area contributed by atoms with Crippen LogP contribution in [-0.2, 0) is 0 Å². The minimum atomic E-state index is 0.538. The van der Waals surface area contributed by atoms with Gasteiger partial charge in [0.05, 0.1) is 0 Å². The Morgan fingerprint density at radius 3 is 2.68 bits per heavy atom. The number of hydrogen-bond donors (Lipinski definition) is 1. The zero-order valence-corrected chi connectivity index (χ0v) is 13.6. The minimum Gasteiger partial charge on any atom is -0.317 e. The largest absolute Gasteiger partial charge is 0.317 e. The fourth-order valence-electron chi connectivity index (χ4n) is 3.11. The van der Waals surface area contributed by atoms with Crippen LogP contribution in [0.1, 0.15) is 44.2 Å². The molecule has 0 amide bonds. The lowest BCUT2D eigenvalue weighted by Gasteiger charge is -2.34. The van der Waals surface area contributed by atoms with Gasteiger partial charge in [0, 0.05) is 16.6 Å². The second kappa shape index (κ2) is 7.41. The van der Waals surface area contributed by atoms with E-state index >= 15 is 0 Å². The molecule has 1 aliphatic heterocycles. The molecular formula is C16H25BrN2. The number of nitrogens with one attached hydrogen (secondary N) is 1. The summed E-state index contributed by atoms with van der Waals surface area (Å²) >= 11 is 3.52. The van der Waals surface area contributed by atoms with Crippen LogP contribution in [-0.4, -0.2) is 31.1 Å². The van der Waals surface area contributed by atoms with Gasteiger partial charge in [-0.3, -0.25) is 4.90 Å². The molecule has 2 rings (SSSR count). The highest BCUT2D eigenvalue weighted by Gasteiger charge is 2.23. The van der Waals surface area contributed by atoms with E-state index in [0.29, 0.717) is 12.1 Å². The molecule has 1 saturated heterocycles. The zero-order valence-electron chi connectivity index (χ0n) is 12.0. The molecule has 0 bridgehead atoms. The fraction of sp³-hybridized carbons (Fsp3) is 0.625. The molecule has 3 heteroatoms. The predicted molar refractivity (Wildman–Crippen MR) is 85.4 cm³/mol. The van der Waals surface area contributed by atoms with Crippen molar-refractivity contribution >= 4 is 15.9 Å². The highest BCUT2D eigenvalue weighted by molar-refractivity contribution is 9.10. The van der Waals surface area contributed by atoms with Crippen LogP contribution in [0.2, 0.25) is 0 Å². The van der Waals surface area contributed by atoms with E-state index in [1.54, 1.807) is 0 Å². The van der Waals surface area contributed by atoms with Gasteiger partial charge in [-0.25, -0.2) is 0 Å². The van der Waals surface area contributed by atoms with E-state index in [-0.39, 0.29) is 0 Å². The van der Waals surface area contributed by atoms with Gasteiger partial charge < -0.3 is 5.32 Å². The number of hydrogen-bond acceptors (Lipinski definition) is 2. The number of rotatable bonds is 4. The Bertz CT molecular complexity index is 369. The van der Waals surface area contributed by atoms with Crippen LogP contribution in [0, 0.1) is 0 Å². The summed E-state index contributed by atoms with van der Waals surface area (Å²) in [4.78, 5) is 2.59. The smallest absolute Gasteiger partial charge is 0.0345 e. The van der Waals surface area contributed by atoms with E-state index in [0.717, 1.165) is 11.0 Å². The van der Waals surface area contributed by atoms with Crippen molar-refractivity contribution in [2.45, 2.75) is 44.7 Å². The van der Waals surface area contributed by atoms with Gasteiger partial charge in [0.1, 0.15) is 0 Å². The van der Waals surface area contributed by atoms with E-state index in [1.807, 2.05) is 0 Å². The Hall–Kier alpha value is -0.380. The molecule has 0 spiro atoms. The van der Waals surface area contributed by atoms with Crippen LogP contribution >= 0.6 is 15.9 Å². The Balaban J connectivity index is 2.09. The third kappa shape index (κ3) is 4.04. The molecule has 1 aromatic rings. The molecule has 0 aliphatic carbocycles. The second-order valence-electron chi connectivity index (χ2n) is 5.48. The average molecular weight is 325 g/mol. The van der Waals surface area contributed by atoms with Gasteiger partial charge in [0.25, 0.3) is 0 Å². The summed E-state index contributed by atoms with van der Waals surface area (Å²) in [5.74, 6) is 0. The van der Waals surface area contributed by atoms with Crippen molar-refractivity contribution in [1.82, 2.24) is 10.2 Å². The molecule has 2 atom stereocenters. The van der Waals surface area contributed by atoms with Crippen molar-refractivity contribution in [2.24, 2.45) is 0 Å². The molecule has 0 saturated carbocycles. The molecule has 2 unspecified atom stereocenters. The van der Waals surface area contributed by atoms with E-state index in [2.05, 4.69) is 64.4 Å². The maximum Gasteiger partial charge on any atom is 0.0345 e. The van der Waals surface area contributed by atoms with Crippen molar-refractivity contribution < 1.29 is 0 Å². The van der Waals surface area contributed by atoms with E-state index in [4.69, 9.17) is 0 Å². The third-order valence-electron chi connectivity index (χ3n) is 4.25. The zero-order chi connectivity index (χ0) is 13.7. The van der Waals surface area contributed by atoms with Gasteiger partial charge in [-0.05, 0) is 63.5 Å². The van der Waals surface area contributed by atoms with Crippen molar-refractivity contribution in [2.75, 3.05) is 20.1 Å².